The number of fused-ring (bicyclic) bond motifs is 1. The van der Waals surface area contributed by atoms with Gasteiger partial charge >= 0.3 is 0 Å². The van der Waals surface area contributed by atoms with E-state index in [2.05, 4.69) is 10.3 Å². The van der Waals surface area contributed by atoms with Gasteiger partial charge in [-0.15, -0.1) is 11.3 Å². The van der Waals surface area contributed by atoms with Gasteiger partial charge in [0, 0.05) is 16.0 Å². The van der Waals surface area contributed by atoms with E-state index >= 15 is 0 Å². The summed E-state index contributed by atoms with van der Waals surface area (Å²) in [4.78, 5) is 30.4. The molecule has 8 heteroatoms. The van der Waals surface area contributed by atoms with Crippen LogP contribution in [0, 0.1) is 0 Å². The summed E-state index contributed by atoms with van der Waals surface area (Å²) in [6.07, 6.45) is 0. The number of para-hydroxylation sites is 2. The summed E-state index contributed by atoms with van der Waals surface area (Å²) in [6, 6.07) is 14.4. The van der Waals surface area contributed by atoms with Crippen molar-refractivity contribution in [1.82, 2.24) is 4.98 Å². The van der Waals surface area contributed by atoms with Gasteiger partial charge in [-0.25, -0.2) is 4.98 Å². The second-order valence-electron chi connectivity index (χ2n) is 5.83. The zero-order chi connectivity index (χ0) is 18.8. The molecule has 1 aromatic heterocycles. The predicted molar refractivity (Wildman–Crippen MR) is 105 cm³/mol. The lowest BCUT2D eigenvalue weighted by Gasteiger charge is -2.28. The van der Waals surface area contributed by atoms with Gasteiger partial charge in [0.25, 0.3) is 5.91 Å². The third-order valence-corrected chi connectivity index (χ3v) is 5.01. The molecule has 2 aromatic carbocycles. The summed E-state index contributed by atoms with van der Waals surface area (Å²) in [5.41, 5.74) is 2.25. The Hall–Kier alpha value is -2.90. The minimum absolute atomic E-state index is 0.0811. The van der Waals surface area contributed by atoms with Crippen LogP contribution in [0.3, 0.4) is 0 Å². The highest BCUT2D eigenvalue weighted by atomic mass is 35.5. The first-order valence-corrected chi connectivity index (χ1v) is 9.39. The van der Waals surface area contributed by atoms with E-state index in [1.54, 1.807) is 30.3 Å². The van der Waals surface area contributed by atoms with E-state index < -0.39 is 0 Å². The number of aromatic nitrogens is 1. The highest BCUT2D eigenvalue weighted by Crippen LogP contribution is 2.31. The number of nitrogens with zero attached hydrogens (tertiary/aromatic N) is 2. The number of carbonyl (C=O) groups excluding carboxylic acids is 2. The maximum atomic E-state index is 12.4. The molecule has 2 amide bonds. The average molecular weight is 400 g/mol. The Morgan fingerprint density at radius 2 is 2.00 bits per heavy atom. The molecule has 0 atom stereocenters. The van der Waals surface area contributed by atoms with Crippen molar-refractivity contribution < 1.29 is 14.3 Å². The van der Waals surface area contributed by atoms with E-state index in [1.807, 2.05) is 23.6 Å². The van der Waals surface area contributed by atoms with Crippen LogP contribution >= 0.6 is 22.9 Å². The van der Waals surface area contributed by atoms with Gasteiger partial charge in [-0.2, -0.15) is 0 Å². The number of hydrogen-bond donors (Lipinski definition) is 1. The molecule has 0 fully saturated rings. The number of nitrogens with one attached hydrogen (secondary N) is 1. The summed E-state index contributed by atoms with van der Waals surface area (Å²) in [7, 11) is 0. The number of amides is 2. The molecule has 1 N–H and O–H groups in total. The van der Waals surface area contributed by atoms with Crippen LogP contribution in [-0.4, -0.2) is 29.9 Å². The summed E-state index contributed by atoms with van der Waals surface area (Å²) >= 11 is 7.22. The fourth-order valence-electron chi connectivity index (χ4n) is 2.71. The van der Waals surface area contributed by atoms with Crippen LogP contribution in [0.25, 0.3) is 11.3 Å². The van der Waals surface area contributed by atoms with Crippen LogP contribution in [-0.2, 0) is 9.59 Å². The first kappa shape index (κ1) is 17.5. The minimum Gasteiger partial charge on any atom is -0.482 e. The van der Waals surface area contributed by atoms with Gasteiger partial charge in [0.1, 0.15) is 12.3 Å². The van der Waals surface area contributed by atoms with Crippen LogP contribution in [0.1, 0.15) is 0 Å². The smallest absolute Gasteiger partial charge is 0.265 e. The lowest BCUT2D eigenvalue weighted by molar-refractivity contribution is -0.123. The molecule has 4 rings (SSSR count). The highest BCUT2D eigenvalue weighted by molar-refractivity contribution is 7.14. The number of hydrogen-bond acceptors (Lipinski definition) is 5. The number of rotatable bonds is 4. The molecule has 0 spiro atoms. The Kier molecular flexibility index (Phi) is 4.79. The summed E-state index contributed by atoms with van der Waals surface area (Å²) in [6.45, 7) is -0.183. The fraction of sp³-hybridized carbons (Fsp3) is 0.105. The number of benzene rings is 2. The van der Waals surface area contributed by atoms with Crippen molar-refractivity contribution in [2.24, 2.45) is 0 Å². The maximum Gasteiger partial charge on any atom is 0.265 e. The van der Waals surface area contributed by atoms with Gasteiger partial charge < -0.3 is 10.1 Å². The molecule has 0 bridgehead atoms. The Bertz CT molecular complexity index is 1000. The van der Waals surface area contributed by atoms with Crippen LogP contribution < -0.4 is 15.0 Å². The Labute approximate surface area is 164 Å². The molecule has 136 valence electrons. The highest BCUT2D eigenvalue weighted by Gasteiger charge is 2.27. The quantitative estimate of drug-likeness (QED) is 0.723. The molecule has 0 unspecified atom stereocenters. The number of carbonyl (C=O) groups is 2. The van der Waals surface area contributed by atoms with Crippen LogP contribution in [0.5, 0.6) is 5.75 Å². The molecule has 3 aromatic rings. The van der Waals surface area contributed by atoms with E-state index in [9.17, 15) is 9.59 Å². The lowest BCUT2D eigenvalue weighted by Crippen LogP contribution is -2.43. The Morgan fingerprint density at radius 3 is 2.81 bits per heavy atom. The molecular weight excluding hydrogens is 386 g/mol. The van der Waals surface area contributed by atoms with Crippen molar-refractivity contribution in [1.29, 1.82) is 0 Å². The largest absolute Gasteiger partial charge is 0.482 e. The van der Waals surface area contributed by atoms with Crippen molar-refractivity contribution in [3.63, 3.8) is 0 Å². The summed E-state index contributed by atoms with van der Waals surface area (Å²) in [5, 5.41) is 5.73. The molecule has 0 saturated heterocycles. The topological polar surface area (TPSA) is 71.5 Å². The zero-order valence-electron chi connectivity index (χ0n) is 14.0. The van der Waals surface area contributed by atoms with Crippen molar-refractivity contribution in [2.45, 2.75) is 0 Å². The molecule has 0 aliphatic carbocycles. The van der Waals surface area contributed by atoms with E-state index in [0.29, 0.717) is 21.6 Å². The van der Waals surface area contributed by atoms with Gasteiger partial charge in [-0.3, -0.25) is 14.5 Å². The SMILES string of the molecule is O=C(CN1C(=O)COc2ccccc21)Nc1nc(-c2ccc(Cl)cc2)cs1. The maximum absolute atomic E-state index is 12.4. The molecule has 27 heavy (non-hydrogen) atoms. The van der Waals surface area contributed by atoms with Crippen molar-refractivity contribution >= 4 is 45.6 Å². The molecule has 6 nitrogen and oxygen atoms in total. The van der Waals surface area contributed by atoms with Gasteiger partial charge in [-0.05, 0) is 24.3 Å². The molecular formula is C19H14ClN3O3S. The number of anilines is 2. The van der Waals surface area contributed by atoms with Gasteiger partial charge in [0.15, 0.2) is 11.7 Å². The number of ether oxygens (including phenoxy) is 1. The molecule has 1 aliphatic rings. The second-order valence-corrected chi connectivity index (χ2v) is 7.12. The Balaban J connectivity index is 1.46. The first-order valence-electron chi connectivity index (χ1n) is 8.14. The minimum atomic E-state index is -0.322. The third kappa shape index (κ3) is 3.79. The first-order chi connectivity index (χ1) is 13.1. The van der Waals surface area contributed by atoms with Crippen molar-refractivity contribution in [2.75, 3.05) is 23.4 Å². The zero-order valence-corrected chi connectivity index (χ0v) is 15.6. The van der Waals surface area contributed by atoms with Crippen LogP contribution in [0.15, 0.2) is 53.9 Å². The second kappa shape index (κ2) is 7.38. The van der Waals surface area contributed by atoms with Crippen molar-refractivity contribution in [3.8, 4) is 17.0 Å². The van der Waals surface area contributed by atoms with Gasteiger partial charge in [-0.1, -0.05) is 35.9 Å². The summed E-state index contributed by atoms with van der Waals surface area (Å²) < 4.78 is 5.38. The standard InChI is InChI=1S/C19H14ClN3O3S/c20-13-7-5-12(6-8-13)14-11-27-19(21-14)22-17(24)9-23-15-3-1-2-4-16(15)26-10-18(23)25/h1-8,11H,9-10H2,(H,21,22,24). The third-order valence-electron chi connectivity index (χ3n) is 4.00. The normalized spacial score (nSPS) is 13.1. The fourth-order valence-corrected chi connectivity index (χ4v) is 3.58. The van der Waals surface area contributed by atoms with Crippen molar-refractivity contribution in [3.05, 3.63) is 58.9 Å². The predicted octanol–water partition coefficient (Wildman–Crippen LogP) is 3.83. The summed E-state index contributed by atoms with van der Waals surface area (Å²) in [5.74, 6) is 0.00562. The van der Waals surface area contributed by atoms with E-state index in [1.165, 1.54) is 16.2 Å². The van der Waals surface area contributed by atoms with E-state index in [0.717, 1.165) is 11.3 Å². The number of halogens is 1. The van der Waals surface area contributed by atoms with Crippen LogP contribution in [0.2, 0.25) is 5.02 Å². The monoisotopic (exact) mass is 399 g/mol. The van der Waals surface area contributed by atoms with E-state index in [-0.39, 0.29) is 25.0 Å². The molecule has 0 saturated carbocycles. The molecule has 0 radical (unpaired) electrons. The van der Waals surface area contributed by atoms with Crippen LogP contribution in [0.4, 0.5) is 10.8 Å². The van der Waals surface area contributed by atoms with E-state index in [4.69, 9.17) is 16.3 Å². The average Bonchev–Trinajstić information content (AvgIpc) is 3.13. The van der Waals surface area contributed by atoms with Gasteiger partial charge in [0.05, 0.1) is 11.4 Å². The van der Waals surface area contributed by atoms with Gasteiger partial charge in [0.2, 0.25) is 5.91 Å². The molecule has 1 aliphatic heterocycles. The number of thiazole rings is 1. The molecule has 2 heterocycles. The Morgan fingerprint density at radius 1 is 1.22 bits per heavy atom. The lowest BCUT2D eigenvalue weighted by atomic mass is 10.2.